The Bertz CT molecular complexity index is 337. The summed E-state index contributed by atoms with van der Waals surface area (Å²) in [6.45, 7) is 2.57. The van der Waals surface area contributed by atoms with Gasteiger partial charge < -0.3 is 15.7 Å². The number of benzene rings is 1. The first-order valence-corrected chi connectivity index (χ1v) is 4.89. The van der Waals surface area contributed by atoms with Gasteiger partial charge in [-0.1, -0.05) is 23.4 Å². The number of hydrogen-bond donors (Lipinski definition) is 2. The van der Waals surface area contributed by atoms with Gasteiger partial charge in [0.15, 0.2) is 0 Å². The molecule has 1 aromatic rings. The molecule has 0 saturated carbocycles. The van der Waals surface area contributed by atoms with Crippen molar-refractivity contribution in [3.05, 3.63) is 29.8 Å². The summed E-state index contributed by atoms with van der Waals surface area (Å²) in [6.07, 6.45) is 1.28. The smallest absolute Gasteiger partial charge is 0.139 e. The van der Waals surface area contributed by atoms with Gasteiger partial charge in [0.05, 0.1) is 6.61 Å². The average molecular weight is 208 g/mol. The molecule has 0 unspecified atom stereocenters. The number of nitrogens with two attached hydrogens (primary N) is 1. The highest BCUT2D eigenvalue weighted by Gasteiger charge is 1.98. The molecule has 0 atom stereocenters. The quantitative estimate of drug-likeness (QED) is 0.255. The number of amidine groups is 1. The predicted octanol–water partition coefficient (Wildman–Crippen LogP) is 1.90. The second kappa shape index (κ2) is 5.90. The second-order valence-corrected chi connectivity index (χ2v) is 3.31. The zero-order valence-electron chi connectivity index (χ0n) is 8.81. The molecule has 0 bridgehead atoms. The van der Waals surface area contributed by atoms with E-state index in [0.717, 1.165) is 17.7 Å². The SMILES string of the molecule is Cc1ccccc1OCCC/C(N)=N/O. The van der Waals surface area contributed by atoms with E-state index in [-0.39, 0.29) is 5.84 Å². The zero-order chi connectivity index (χ0) is 11.1. The Labute approximate surface area is 89.4 Å². The number of aryl methyl sites for hydroxylation is 1. The highest BCUT2D eigenvalue weighted by Crippen LogP contribution is 2.16. The molecule has 0 spiro atoms. The summed E-state index contributed by atoms with van der Waals surface area (Å²) < 4.78 is 5.54. The largest absolute Gasteiger partial charge is 0.493 e. The van der Waals surface area contributed by atoms with Gasteiger partial charge in [0.25, 0.3) is 0 Å². The number of hydrogen-bond acceptors (Lipinski definition) is 3. The topological polar surface area (TPSA) is 67.8 Å². The molecule has 0 saturated heterocycles. The van der Waals surface area contributed by atoms with E-state index in [1.807, 2.05) is 31.2 Å². The number of nitrogens with zero attached hydrogens (tertiary/aromatic N) is 1. The van der Waals surface area contributed by atoms with Crippen LogP contribution < -0.4 is 10.5 Å². The number of oxime groups is 1. The van der Waals surface area contributed by atoms with Gasteiger partial charge in [-0.2, -0.15) is 0 Å². The van der Waals surface area contributed by atoms with Crippen LogP contribution in [0, 0.1) is 6.92 Å². The van der Waals surface area contributed by atoms with Gasteiger partial charge in [0.2, 0.25) is 0 Å². The van der Waals surface area contributed by atoms with Crippen LogP contribution in [-0.2, 0) is 0 Å². The predicted molar refractivity (Wildman–Crippen MR) is 59.3 cm³/mol. The normalized spacial score (nSPS) is 11.4. The van der Waals surface area contributed by atoms with Crippen LogP contribution in [0.5, 0.6) is 5.75 Å². The summed E-state index contributed by atoms with van der Waals surface area (Å²) in [7, 11) is 0. The van der Waals surface area contributed by atoms with E-state index in [4.69, 9.17) is 15.7 Å². The average Bonchev–Trinajstić information content (AvgIpc) is 2.26. The van der Waals surface area contributed by atoms with Gasteiger partial charge in [-0.05, 0) is 25.0 Å². The monoisotopic (exact) mass is 208 g/mol. The second-order valence-electron chi connectivity index (χ2n) is 3.31. The fraction of sp³-hybridized carbons (Fsp3) is 0.364. The van der Waals surface area contributed by atoms with Crippen molar-refractivity contribution >= 4 is 5.84 Å². The van der Waals surface area contributed by atoms with E-state index >= 15 is 0 Å². The van der Waals surface area contributed by atoms with Crippen LogP contribution in [0.1, 0.15) is 18.4 Å². The minimum atomic E-state index is 0.239. The molecule has 0 aliphatic carbocycles. The molecule has 82 valence electrons. The van der Waals surface area contributed by atoms with Crippen molar-refractivity contribution in [3.8, 4) is 5.75 Å². The van der Waals surface area contributed by atoms with Crippen molar-refractivity contribution in [1.82, 2.24) is 0 Å². The molecule has 0 amide bonds. The molecule has 0 aliphatic rings. The summed E-state index contributed by atoms with van der Waals surface area (Å²) in [5.74, 6) is 1.13. The Morgan fingerprint density at radius 2 is 2.20 bits per heavy atom. The van der Waals surface area contributed by atoms with Crippen LogP contribution >= 0.6 is 0 Å². The van der Waals surface area contributed by atoms with E-state index in [2.05, 4.69) is 5.16 Å². The van der Waals surface area contributed by atoms with Gasteiger partial charge in [-0.25, -0.2) is 0 Å². The first-order chi connectivity index (χ1) is 7.24. The van der Waals surface area contributed by atoms with Gasteiger partial charge in [0.1, 0.15) is 11.6 Å². The Hall–Kier alpha value is -1.71. The third-order valence-corrected chi connectivity index (χ3v) is 2.06. The van der Waals surface area contributed by atoms with E-state index in [1.54, 1.807) is 0 Å². The molecule has 0 heterocycles. The molecule has 3 N–H and O–H groups in total. The minimum absolute atomic E-state index is 0.239. The molecule has 4 heteroatoms. The van der Waals surface area contributed by atoms with Crippen LogP contribution in [0.15, 0.2) is 29.4 Å². The maximum atomic E-state index is 8.32. The van der Waals surface area contributed by atoms with Crippen LogP contribution in [0.2, 0.25) is 0 Å². The van der Waals surface area contributed by atoms with E-state index in [0.29, 0.717) is 13.0 Å². The number of ether oxygens (including phenoxy) is 1. The van der Waals surface area contributed by atoms with Crippen LogP contribution in [0.25, 0.3) is 0 Å². The van der Waals surface area contributed by atoms with Gasteiger partial charge in [0, 0.05) is 6.42 Å². The standard InChI is InChI=1S/C11H16N2O2/c1-9-5-2-3-6-10(9)15-8-4-7-11(12)13-14/h2-3,5-6,14H,4,7-8H2,1H3,(H2,12,13). The summed E-state index contributed by atoms with van der Waals surface area (Å²) >= 11 is 0. The van der Waals surface area contributed by atoms with Crippen molar-refractivity contribution in [1.29, 1.82) is 0 Å². The molecule has 0 fully saturated rings. The lowest BCUT2D eigenvalue weighted by Gasteiger charge is -2.07. The Morgan fingerprint density at radius 1 is 1.47 bits per heavy atom. The first-order valence-electron chi connectivity index (χ1n) is 4.89. The molecular weight excluding hydrogens is 192 g/mol. The lowest BCUT2D eigenvalue weighted by molar-refractivity contribution is 0.304. The lowest BCUT2D eigenvalue weighted by atomic mass is 10.2. The summed E-state index contributed by atoms with van der Waals surface area (Å²) in [4.78, 5) is 0. The van der Waals surface area contributed by atoms with Crippen molar-refractivity contribution in [2.75, 3.05) is 6.61 Å². The third-order valence-electron chi connectivity index (χ3n) is 2.06. The molecular formula is C11H16N2O2. The maximum absolute atomic E-state index is 8.32. The van der Waals surface area contributed by atoms with E-state index in [1.165, 1.54) is 0 Å². The van der Waals surface area contributed by atoms with Crippen LogP contribution in [0.4, 0.5) is 0 Å². The van der Waals surface area contributed by atoms with Gasteiger partial charge >= 0.3 is 0 Å². The molecule has 1 aromatic carbocycles. The summed E-state index contributed by atoms with van der Waals surface area (Å²) in [6, 6.07) is 7.84. The van der Waals surface area contributed by atoms with Crippen molar-refractivity contribution in [2.45, 2.75) is 19.8 Å². The molecule has 0 radical (unpaired) electrons. The molecule has 15 heavy (non-hydrogen) atoms. The maximum Gasteiger partial charge on any atom is 0.139 e. The third kappa shape index (κ3) is 3.89. The van der Waals surface area contributed by atoms with Gasteiger partial charge in [-0.3, -0.25) is 0 Å². The van der Waals surface area contributed by atoms with Crippen molar-refractivity contribution < 1.29 is 9.94 Å². The summed E-state index contributed by atoms with van der Waals surface area (Å²) in [5, 5.41) is 11.2. The Morgan fingerprint density at radius 3 is 2.87 bits per heavy atom. The minimum Gasteiger partial charge on any atom is -0.493 e. The molecule has 0 aromatic heterocycles. The zero-order valence-corrected chi connectivity index (χ0v) is 8.81. The Balaban J connectivity index is 2.29. The molecule has 1 rings (SSSR count). The molecule has 0 aliphatic heterocycles. The number of rotatable bonds is 5. The molecule has 4 nitrogen and oxygen atoms in total. The number of para-hydroxylation sites is 1. The highest BCUT2D eigenvalue weighted by molar-refractivity contribution is 5.79. The van der Waals surface area contributed by atoms with Gasteiger partial charge in [-0.15, -0.1) is 0 Å². The highest BCUT2D eigenvalue weighted by atomic mass is 16.5. The fourth-order valence-corrected chi connectivity index (χ4v) is 1.20. The lowest BCUT2D eigenvalue weighted by Crippen LogP contribution is -2.12. The van der Waals surface area contributed by atoms with Crippen molar-refractivity contribution in [3.63, 3.8) is 0 Å². The first kappa shape index (κ1) is 11.4. The van der Waals surface area contributed by atoms with Crippen molar-refractivity contribution in [2.24, 2.45) is 10.9 Å². The van der Waals surface area contributed by atoms with Crippen LogP contribution in [0.3, 0.4) is 0 Å². The van der Waals surface area contributed by atoms with Crippen LogP contribution in [-0.4, -0.2) is 17.6 Å². The van der Waals surface area contributed by atoms with E-state index < -0.39 is 0 Å². The summed E-state index contributed by atoms with van der Waals surface area (Å²) in [5.41, 5.74) is 6.44. The Kier molecular flexibility index (Phi) is 4.47. The fourth-order valence-electron chi connectivity index (χ4n) is 1.20. The van der Waals surface area contributed by atoms with E-state index in [9.17, 15) is 0 Å².